The highest BCUT2D eigenvalue weighted by molar-refractivity contribution is 5.99. The van der Waals surface area contributed by atoms with Crippen LogP contribution in [0.2, 0.25) is 0 Å². The molecule has 1 aliphatic rings. The molecule has 0 saturated carbocycles. The highest BCUT2D eigenvalue weighted by Crippen LogP contribution is 2.20. The number of hydrogen-bond donors (Lipinski definition) is 1. The number of H-pyrrole nitrogens is 1. The molecule has 1 aliphatic heterocycles. The van der Waals surface area contributed by atoms with Gasteiger partial charge in [-0.1, -0.05) is 37.4 Å². The minimum absolute atomic E-state index is 0.0649. The van der Waals surface area contributed by atoms with E-state index in [9.17, 15) is 4.79 Å². The van der Waals surface area contributed by atoms with Gasteiger partial charge in [-0.05, 0) is 36.6 Å². The maximum atomic E-state index is 12.9. The number of aromatic amines is 1. The fourth-order valence-electron chi connectivity index (χ4n) is 3.46. The van der Waals surface area contributed by atoms with Gasteiger partial charge in [-0.25, -0.2) is 0 Å². The number of carbonyl (C=O) groups excluding carboxylic acids is 1. The minimum Gasteiger partial charge on any atom is -0.360 e. The SMILES string of the molecule is C=Cc1[nH]cc(C(=O)N2CCN(Cc3ccc(C)c(C)c3)CC2)c1C=C. The topological polar surface area (TPSA) is 39.3 Å². The van der Waals surface area contributed by atoms with Crippen LogP contribution in [0.3, 0.4) is 0 Å². The zero-order chi connectivity index (χ0) is 18.7. The Morgan fingerprint density at radius 2 is 1.85 bits per heavy atom. The number of aromatic nitrogens is 1. The molecule has 1 amide bonds. The van der Waals surface area contributed by atoms with Crippen molar-refractivity contribution in [3.8, 4) is 0 Å². The Morgan fingerprint density at radius 1 is 1.12 bits per heavy atom. The lowest BCUT2D eigenvalue weighted by Crippen LogP contribution is -2.48. The Morgan fingerprint density at radius 3 is 2.46 bits per heavy atom. The predicted molar refractivity (Wildman–Crippen MR) is 108 cm³/mol. The van der Waals surface area contributed by atoms with Crippen LogP contribution < -0.4 is 0 Å². The van der Waals surface area contributed by atoms with E-state index < -0.39 is 0 Å². The molecule has 0 unspecified atom stereocenters. The van der Waals surface area contributed by atoms with Crippen molar-refractivity contribution in [3.05, 3.63) is 71.1 Å². The molecule has 0 spiro atoms. The molecular formula is C22H27N3O. The molecule has 1 aromatic carbocycles. The quantitative estimate of drug-likeness (QED) is 0.890. The Hall–Kier alpha value is -2.59. The van der Waals surface area contributed by atoms with Crippen LogP contribution in [0.15, 0.2) is 37.6 Å². The van der Waals surface area contributed by atoms with E-state index in [0.29, 0.717) is 5.56 Å². The number of carbonyl (C=O) groups is 1. The number of piperazine rings is 1. The summed E-state index contributed by atoms with van der Waals surface area (Å²) in [5, 5.41) is 0. The van der Waals surface area contributed by atoms with E-state index in [0.717, 1.165) is 44.0 Å². The molecule has 4 heteroatoms. The first-order valence-electron chi connectivity index (χ1n) is 9.07. The number of aryl methyl sites for hydroxylation is 2. The zero-order valence-corrected chi connectivity index (χ0v) is 15.7. The molecule has 0 atom stereocenters. The predicted octanol–water partition coefficient (Wildman–Crippen LogP) is 3.88. The van der Waals surface area contributed by atoms with E-state index in [1.54, 1.807) is 18.3 Å². The van der Waals surface area contributed by atoms with Gasteiger partial charge in [0.05, 0.1) is 5.56 Å². The van der Waals surface area contributed by atoms with Gasteiger partial charge in [-0.3, -0.25) is 9.69 Å². The Bertz CT molecular complexity index is 826. The van der Waals surface area contributed by atoms with Gasteiger partial charge in [0.25, 0.3) is 5.91 Å². The molecule has 2 heterocycles. The normalized spacial score (nSPS) is 15.1. The van der Waals surface area contributed by atoms with Gasteiger partial charge in [0.15, 0.2) is 0 Å². The van der Waals surface area contributed by atoms with Crippen LogP contribution in [0.5, 0.6) is 0 Å². The average Bonchev–Trinajstić information content (AvgIpc) is 3.08. The smallest absolute Gasteiger partial charge is 0.256 e. The van der Waals surface area contributed by atoms with Crippen molar-refractivity contribution in [3.63, 3.8) is 0 Å². The molecule has 1 N–H and O–H groups in total. The first kappa shape index (κ1) is 18.2. The summed E-state index contributed by atoms with van der Waals surface area (Å²) in [5.41, 5.74) is 6.35. The van der Waals surface area contributed by atoms with E-state index in [1.807, 2.05) is 4.90 Å². The molecule has 3 rings (SSSR count). The van der Waals surface area contributed by atoms with Crippen molar-refractivity contribution in [1.82, 2.24) is 14.8 Å². The van der Waals surface area contributed by atoms with Gasteiger partial charge in [-0.15, -0.1) is 0 Å². The number of amides is 1. The Labute approximate surface area is 155 Å². The van der Waals surface area contributed by atoms with Gasteiger partial charge in [0.1, 0.15) is 0 Å². The molecule has 0 aliphatic carbocycles. The van der Waals surface area contributed by atoms with Crippen molar-refractivity contribution >= 4 is 18.1 Å². The number of hydrogen-bond acceptors (Lipinski definition) is 2. The van der Waals surface area contributed by atoms with Crippen molar-refractivity contribution in [2.24, 2.45) is 0 Å². The molecule has 0 bridgehead atoms. The lowest BCUT2D eigenvalue weighted by atomic mass is 10.1. The summed E-state index contributed by atoms with van der Waals surface area (Å²) in [5.74, 6) is 0.0649. The third kappa shape index (κ3) is 3.65. The Balaban J connectivity index is 1.62. The lowest BCUT2D eigenvalue weighted by molar-refractivity contribution is 0.0628. The van der Waals surface area contributed by atoms with Crippen LogP contribution in [0, 0.1) is 13.8 Å². The molecule has 26 heavy (non-hydrogen) atoms. The average molecular weight is 349 g/mol. The monoisotopic (exact) mass is 349 g/mol. The van der Waals surface area contributed by atoms with E-state index in [2.05, 4.69) is 55.1 Å². The first-order chi connectivity index (χ1) is 12.5. The second-order valence-corrected chi connectivity index (χ2v) is 6.92. The molecule has 1 aromatic heterocycles. The largest absolute Gasteiger partial charge is 0.360 e. The fraction of sp³-hybridized carbons (Fsp3) is 0.318. The van der Waals surface area contributed by atoms with Crippen LogP contribution in [0.25, 0.3) is 12.2 Å². The van der Waals surface area contributed by atoms with Crippen molar-refractivity contribution in [1.29, 1.82) is 0 Å². The van der Waals surface area contributed by atoms with E-state index in [4.69, 9.17) is 0 Å². The second-order valence-electron chi connectivity index (χ2n) is 6.92. The first-order valence-corrected chi connectivity index (χ1v) is 9.07. The van der Waals surface area contributed by atoms with Crippen LogP contribution in [-0.4, -0.2) is 46.9 Å². The van der Waals surface area contributed by atoms with Gasteiger partial charge in [0.2, 0.25) is 0 Å². The van der Waals surface area contributed by atoms with E-state index >= 15 is 0 Å². The molecular weight excluding hydrogens is 322 g/mol. The number of benzene rings is 1. The van der Waals surface area contributed by atoms with Gasteiger partial charge < -0.3 is 9.88 Å². The third-order valence-corrected chi connectivity index (χ3v) is 5.23. The van der Waals surface area contributed by atoms with Crippen molar-refractivity contribution in [2.75, 3.05) is 26.2 Å². The van der Waals surface area contributed by atoms with Crippen molar-refractivity contribution < 1.29 is 4.79 Å². The number of nitrogens with one attached hydrogen (secondary N) is 1. The minimum atomic E-state index is 0.0649. The third-order valence-electron chi connectivity index (χ3n) is 5.23. The van der Waals surface area contributed by atoms with Gasteiger partial charge in [0, 0.05) is 50.2 Å². The summed E-state index contributed by atoms with van der Waals surface area (Å²) >= 11 is 0. The maximum Gasteiger partial charge on any atom is 0.256 e. The Kier molecular flexibility index (Phi) is 5.43. The molecule has 1 saturated heterocycles. The molecule has 4 nitrogen and oxygen atoms in total. The maximum absolute atomic E-state index is 12.9. The molecule has 0 radical (unpaired) electrons. The zero-order valence-electron chi connectivity index (χ0n) is 15.7. The van der Waals surface area contributed by atoms with Crippen molar-refractivity contribution in [2.45, 2.75) is 20.4 Å². The summed E-state index contributed by atoms with van der Waals surface area (Å²) in [7, 11) is 0. The summed E-state index contributed by atoms with van der Waals surface area (Å²) in [4.78, 5) is 20.3. The molecule has 2 aromatic rings. The van der Waals surface area contributed by atoms with E-state index in [-0.39, 0.29) is 5.91 Å². The summed E-state index contributed by atoms with van der Waals surface area (Å²) in [6.07, 6.45) is 5.20. The van der Waals surface area contributed by atoms with Gasteiger partial charge >= 0.3 is 0 Å². The fourth-order valence-corrected chi connectivity index (χ4v) is 3.46. The lowest BCUT2D eigenvalue weighted by Gasteiger charge is -2.34. The summed E-state index contributed by atoms with van der Waals surface area (Å²) in [6.45, 7) is 16.1. The standard InChI is InChI=1S/C22H27N3O/c1-5-19-20(14-23-21(19)6-2)22(26)25-11-9-24(10-12-25)15-18-8-7-16(3)17(4)13-18/h5-8,13-14,23H,1-2,9-12,15H2,3-4H3. The number of nitrogens with zero attached hydrogens (tertiary/aromatic N) is 2. The highest BCUT2D eigenvalue weighted by atomic mass is 16.2. The van der Waals surface area contributed by atoms with Gasteiger partial charge in [-0.2, -0.15) is 0 Å². The van der Waals surface area contributed by atoms with Crippen LogP contribution in [-0.2, 0) is 6.54 Å². The second kappa shape index (κ2) is 7.75. The molecule has 1 fully saturated rings. The van der Waals surface area contributed by atoms with Crippen LogP contribution in [0.4, 0.5) is 0 Å². The summed E-state index contributed by atoms with van der Waals surface area (Å²) in [6, 6.07) is 6.65. The van der Waals surface area contributed by atoms with Crippen LogP contribution in [0.1, 0.15) is 38.3 Å². The highest BCUT2D eigenvalue weighted by Gasteiger charge is 2.24. The van der Waals surface area contributed by atoms with Crippen LogP contribution >= 0.6 is 0 Å². The summed E-state index contributed by atoms with van der Waals surface area (Å²) < 4.78 is 0. The number of rotatable bonds is 5. The van der Waals surface area contributed by atoms with E-state index in [1.165, 1.54) is 16.7 Å². The molecule has 136 valence electrons.